The third-order valence-corrected chi connectivity index (χ3v) is 7.97. The molecule has 1 amide bonds. The van der Waals surface area contributed by atoms with E-state index < -0.39 is 16.1 Å². The number of hydrogen-bond donors (Lipinski definition) is 0. The zero-order valence-corrected chi connectivity index (χ0v) is 19.4. The van der Waals surface area contributed by atoms with Crippen molar-refractivity contribution in [2.24, 2.45) is 0 Å². The minimum absolute atomic E-state index is 0.209. The molecule has 0 N–H and O–H groups in total. The van der Waals surface area contributed by atoms with Crippen LogP contribution in [-0.4, -0.2) is 54.6 Å². The highest BCUT2D eigenvalue weighted by molar-refractivity contribution is 7.88. The van der Waals surface area contributed by atoms with Crippen LogP contribution in [0.25, 0.3) is 10.2 Å². The van der Waals surface area contributed by atoms with Gasteiger partial charge in [0.2, 0.25) is 15.9 Å². The van der Waals surface area contributed by atoms with E-state index in [1.54, 1.807) is 37.7 Å². The largest absolute Gasteiger partial charge is 0.494 e. The summed E-state index contributed by atoms with van der Waals surface area (Å²) < 4.78 is 31.8. The number of rotatable bonds is 6. The van der Waals surface area contributed by atoms with Crippen molar-refractivity contribution in [2.75, 3.05) is 24.8 Å². The lowest BCUT2D eigenvalue weighted by Crippen LogP contribution is -2.47. The molecule has 0 spiro atoms. The molecule has 0 saturated carbocycles. The number of thiazole rings is 1. The molecule has 1 aromatic carbocycles. The summed E-state index contributed by atoms with van der Waals surface area (Å²) in [6, 6.07) is 6.33. The average molecular weight is 481 g/mol. The number of halogens is 1. The lowest BCUT2D eigenvalue weighted by molar-refractivity contribution is -0.121. The number of pyridine rings is 1. The van der Waals surface area contributed by atoms with Crippen LogP contribution in [0.1, 0.15) is 18.4 Å². The summed E-state index contributed by atoms with van der Waals surface area (Å²) in [5, 5.41) is 0.933. The minimum Gasteiger partial charge on any atom is -0.494 e. The van der Waals surface area contributed by atoms with E-state index in [1.165, 1.54) is 20.5 Å². The second-order valence-electron chi connectivity index (χ2n) is 7.24. The summed E-state index contributed by atoms with van der Waals surface area (Å²) in [6.07, 6.45) is 5.55. The maximum absolute atomic E-state index is 13.6. The first-order valence-corrected chi connectivity index (χ1v) is 12.6. The van der Waals surface area contributed by atoms with Gasteiger partial charge in [0, 0.05) is 18.9 Å². The van der Waals surface area contributed by atoms with Crippen LogP contribution in [0, 0.1) is 0 Å². The highest BCUT2D eigenvalue weighted by atomic mass is 35.5. The number of aromatic nitrogens is 2. The molecule has 4 rings (SSSR count). The van der Waals surface area contributed by atoms with E-state index in [2.05, 4.69) is 9.97 Å². The molecule has 1 atom stereocenters. The molecule has 31 heavy (non-hydrogen) atoms. The van der Waals surface area contributed by atoms with E-state index in [-0.39, 0.29) is 12.5 Å². The van der Waals surface area contributed by atoms with Crippen molar-refractivity contribution in [3.63, 3.8) is 0 Å². The van der Waals surface area contributed by atoms with Gasteiger partial charge in [-0.1, -0.05) is 29.0 Å². The first kappa shape index (κ1) is 21.9. The molecule has 1 unspecified atom stereocenters. The van der Waals surface area contributed by atoms with Gasteiger partial charge in [0.05, 0.1) is 29.6 Å². The molecule has 8 nitrogen and oxygen atoms in total. The number of ether oxygens (including phenoxy) is 1. The van der Waals surface area contributed by atoms with Gasteiger partial charge in [0.25, 0.3) is 0 Å². The zero-order valence-electron chi connectivity index (χ0n) is 17.0. The Morgan fingerprint density at radius 1 is 1.39 bits per heavy atom. The molecular weight excluding hydrogens is 460 g/mol. The molecule has 1 aliphatic heterocycles. The van der Waals surface area contributed by atoms with Crippen LogP contribution in [0.3, 0.4) is 0 Å². The number of benzene rings is 1. The first-order valence-electron chi connectivity index (χ1n) is 9.59. The van der Waals surface area contributed by atoms with Crippen molar-refractivity contribution >= 4 is 54.2 Å². The summed E-state index contributed by atoms with van der Waals surface area (Å²) in [4.78, 5) is 23.9. The molecule has 1 aliphatic rings. The minimum atomic E-state index is -3.51. The van der Waals surface area contributed by atoms with Gasteiger partial charge in [0.1, 0.15) is 17.3 Å². The van der Waals surface area contributed by atoms with E-state index in [0.29, 0.717) is 45.5 Å². The normalized spacial score (nSPS) is 17.2. The van der Waals surface area contributed by atoms with Gasteiger partial charge >= 0.3 is 0 Å². The van der Waals surface area contributed by atoms with Gasteiger partial charge < -0.3 is 4.74 Å². The first-order chi connectivity index (χ1) is 14.8. The Balaban J connectivity index is 1.79. The predicted molar refractivity (Wildman–Crippen MR) is 121 cm³/mol. The van der Waals surface area contributed by atoms with Crippen LogP contribution >= 0.6 is 22.9 Å². The van der Waals surface area contributed by atoms with Crippen LogP contribution in [0.5, 0.6) is 5.75 Å². The number of carbonyl (C=O) groups is 1. The second kappa shape index (κ2) is 8.70. The number of sulfonamides is 1. The smallest absolute Gasteiger partial charge is 0.247 e. The number of nitrogens with zero attached hydrogens (tertiary/aromatic N) is 4. The molecular formula is C20H21ClN4O4S2. The van der Waals surface area contributed by atoms with Gasteiger partial charge in [-0.2, -0.15) is 4.31 Å². The van der Waals surface area contributed by atoms with Gasteiger partial charge in [-0.3, -0.25) is 14.7 Å². The summed E-state index contributed by atoms with van der Waals surface area (Å²) in [5.74, 6) is 0.232. The summed E-state index contributed by atoms with van der Waals surface area (Å²) >= 11 is 7.64. The Kier molecular flexibility index (Phi) is 6.16. The van der Waals surface area contributed by atoms with Gasteiger partial charge in [-0.25, -0.2) is 13.4 Å². The van der Waals surface area contributed by atoms with Crippen molar-refractivity contribution in [3.8, 4) is 5.75 Å². The molecule has 0 radical (unpaired) electrons. The Morgan fingerprint density at radius 2 is 2.19 bits per heavy atom. The molecule has 164 valence electrons. The molecule has 1 saturated heterocycles. The van der Waals surface area contributed by atoms with E-state index in [1.807, 2.05) is 6.07 Å². The lowest BCUT2D eigenvalue weighted by Gasteiger charge is -2.27. The number of anilines is 1. The average Bonchev–Trinajstić information content (AvgIpc) is 3.41. The fourth-order valence-corrected chi connectivity index (χ4v) is 6.08. The molecule has 3 aromatic rings. The standard InChI is InChI=1S/C20H21ClN4O4S2/c1-29-16-8-7-14(21)18-17(16)23-20(30-18)24(12-13-5-3-9-22-11-13)19(26)15-6-4-10-25(15)31(2,27)28/h3,5,7-9,11,15H,4,6,10,12H2,1-2H3. The molecule has 3 heterocycles. The molecule has 11 heteroatoms. The van der Waals surface area contributed by atoms with Crippen LogP contribution in [0.2, 0.25) is 5.02 Å². The van der Waals surface area contributed by atoms with E-state index in [9.17, 15) is 13.2 Å². The molecule has 0 aliphatic carbocycles. The summed E-state index contributed by atoms with van der Waals surface area (Å²) in [5.41, 5.74) is 1.36. The molecule has 2 aromatic heterocycles. The highest BCUT2D eigenvalue weighted by Gasteiger charge is 2.39. The van der Waals surface area contributed by atoms with Crippen LogP contribution in [0.15, 0.2) is 36.7 Å². The number of hydrogen-bond acceptors (Lipinski definition) is 7. The number of amides is 1. The molecule has 1 fully saturated rings. The maximum Gasteiger partial charge on any atom is 0.247 e. The summed E-state index contributed by atoms with van der Waals surface area (Å²) in [6.45, 7) is 0.538. The Morgan fingerprint density at radius 3 is 2.87 bits per heavy atom. The van der Waals surface area contributed by atoms with Gasteiger partial charge in [0.15, 0.2) is 5.13 Å². The third kappa shape index (κ3) is 4.38. The highest BCUT2D eigenvalue weighted by Crippen LogP contribution is 2.39. The van der Waals surface area contributed by atoms with Crippen LogP contribution in [-0.2, 0) is 21.4 Å². The fourth-order valence-electron chi connectivity index (χ4n) is 3.70. The van der Waals surface area contributed by atoms with Crippen molar-refractivity contribution in [2.45, 2.75) is 25.4 Å². The monoisotopic (exact) mass is 480 g/mol. The van der Waals surface area contributed by atoms with Gasteiger partial charge in [-0.05, 0) is 36.6 Å². The topological polar surface area (TPSA) is 92.7 Å². The maximum atomic E-state index is 13.6. The van der Waals surface area contributed by atoms with Crippen molar-refractivity contribution < 1.29 is 17.9 Å². The summed E-state index contributed by atoms with van der Waals surface area (Å²) in [7, 11) is -1.97. The SMILES string of the molecule is COc1ccc(Cl)c2sc(N(Cc3cccnc3)C(=O)C3CCCN3S(C)(=O)=O)nc12. The van der Waals surface area contributed by atoms with E-state index in [4.69, 9.17) is 16.3 Å². The van der Waals surface area contributed by atoms with Crippen molar-refractivity contribution in [3.05, 3.63) is 47.2 Å². The molecule has 0 bridgehead atoms. The second-order valence-corrected chi connectivity index (χ2v) is 10.6. The Hall–Kier alpha value is -2.27. The predicted octanol–water partition coefficient (Wildman–Crippen LogP) is 3.31. The van der Waals surface area contributed by atoms with Crippen molar-refractivity contribution in [1.82, 2.24) is 14.3 Å². The Bertz CT molecular complexity index is 1220. The number of fused-ring (bicyclic) bond motifs is 1. The van der Waals surface area contributed by atoms with Gasteiger partial charge in [-0.15, -0.1) is 0 Å². The van der Waals surface area contributed by atoms with Crippen LogP contribution in [0.4, 0.5) is 5.13 Å². The fraction of sp³-hybridized carbons (Fsp3) is 0.350. The van der Waals surface area contributed by atoms with Crippen molar-refractivity contribution in [1.29, 1.82) is 0 Å². The van der Waals surface area contributed by atoms with E-state index >= 15 is 0 Å². The number of carbonyl (C=O) groups excluding carboxylic acids is 1. The lowest BCUT2D eigenvalue weighted by atomic mass is 10.2. The Labute approximate surface area is 189 Å². The van der Waals surface area contributed by atoms with E-state index in [0.717, 1.165) is 11.8 Å². The van der Waals surface area contributed by atoms with Crippen LogP contribution < -0.4 is 9.64 Å². The quantitative estimate of drug-likeness (QED) is 0.537. The zero-order chi connectivity index (χ0) is 22.2. The third-order valence-electron chi connectivity index (χ3n) is 5.14. The number of methoxy groups -OCH3 is 1.